The Morgan fingerprint density at radius 3 is 2.52 bits per heavy atom. The molecule has 140 valence electrons. The fourth-order valence-electron chi connectivity index (χ4n) is 3.64. The number of fused-ring (bicyclic) bond motifs is 1. The second-order valence-corrected chi connectivity index (χ2v) is 10.2. The number of hydrogen-bond donors (Lipinski definition) is 1. The molecular formula is C17H27N3O4S. The molecule has 25 heavy (non-hydrogen) atoms. The Balaban J connectivity index is 1.78. The fourth-order valence-corrected chi connectivity index (χ4v) is 5.65. The van der Waals surface area contributed by atoms with E-state index < -0.39 is 9.84 Å². The van der Waals surface area contributed by atoms with E-state index in [1.54, 1.807) is 4.90 Å². The predicted molar refractivity (Wildman–Crippen MR) is 95.1 cm³/mol. The molecule has 2 amide bonds. The summed E-state index contributed by atoms with van der Waals surface area (Å²) in [5.41, 5.74) is -0.354. The van der Waals surface area contributed by atoms with Gasteiger partial charge in [0.25, 0.3) is 0 Å². The standard InChI is InChI=1S/C17H27N3O4S/c1-12-5-6-13(24-12)9-19-7-8-20(16(21)18-17(2,3)4)15-11-25(22,23)10-14(15)19/h5-6,14-15H,7-11H2,1-4H3,(H,18,21)/t14-,15+/m0/s1. The average Bonchev–Trinajstić information content (AvgIpc) is 2.99. The summed E-state index contributed by atoms with van der Waals surface area (Å²) in [6.07, 6.45) is 0. The van der Waals surface area contributed by atoms with Crippen molar-refractivity contribution in [1.82, 2.24) is 15.1 Å². The summed E-state index contributed by atoms with van der Waals surface area (Å²) in [7, 11) is -3.15. The summed E-state index contributed by atoms with van der Waals surface area (Å²) in [5, 5.41) is 2.95. The smallest absolute Gasteiger partial charge is 0.318 e. The molecule has 0 aromatic carbocycles. The fraction of sp³-hybridized carbons (Fsp3) is 0.706. The van der Waals surface area contributed by atoms with Gasteiger partial charge in [0.2, 0.25) is 0 Å². The molecule has 1 aromatic rings. The zero-order chi connectivity index (χ0) is 18.4. The molecule has 2 aliphatic rings. The van der Waals surface area contributed by atoms with Gasteiger partial charge in [-0.2, -0.15) is 0 Å². The molecule has 0 radical (unpaired) electrons. The highest BCUT2D eigenvalue weighted by Gasteiger charge is 2.48. The molecule has 2 aliphatic heterocycles. The summed E-state index contributed by atoms with van der Waals surface area (Å²) >= 11 is 0. The van der Waals surface area contributed by atoms with Gasteiger partial charge in [0, 0.05) is 24.7 Å². The van der Waals surface area contributed by atoms with E-state index in [0.717, 1.165) is 11.5 Å². The van der Waals surface area contributed by atoms with E-state index in [-0.39, 0.29) is 35.2 Å². The SMILES string of the molecule is Cc1ccc(CN2CCN(C(=O)NC(C)(C)C)[C@@H]3CS(=O)(=O)C[C@@H]32)o1. The van der Waals surface area contributed by atoms with Crippen LogP contribution in [0, 0.1) is 6.92 Å². The van der Waals surface area contributed by atoms with E-state index in [9.17, 15) is 13.2 Å². The van der Waals surface area contributed by atoms with Crippen LogP contribution < -0.4 is 5.32 Å². The van der Waals surface area contributed by atoms with Crippen molar-refractivity contribution in [3.8, 4) is 0 Å². The van der Waals surface area contributed by atoms with Gasteiger partial charge < -0.3 is 14.6 Å². The van der Waals surface area contributed by atoms with Crippen LogP contribution in [0.2, 0.25) is 0 Å². The van der Waals surface area contributed by atoms with E-state index >= 15 is 0 Å². The highest BCUT2D eigenvalue weighted by Crippen LogP contribution is 2.28. The van der Waals surface area contributed by atoms with Crippen LogP contribution in [0.1, 0.15) is 32.3 Å². The molecule has 2 saturated heterocycles. The van der Waals surface area contributed by atoms with E-state index in [0.29, 0.717) is 19.6 Å². The number of carbonyl (C=O) groups is 1. The van der Waals surface area contributed by atoms with E-state index in [2.05, 4.69) is 10.2 Å². The van der Waals surface area contributed by atoms with E-state index in [1.807, 2.05) is 39.8 Å². The molecule has 0 saturated carbocycles. The minimum atomic E-state index is -3.15. The normalized spacial score (nSPS) is 26.5. The number of aryl methyl sites for hydroxylation is 1. The van der Waals surface area contributed by atoms with Crippen LogP contribution >= 0.6 is 0 Å². The number of rotatable bonds is 2. The van der Waals surface area contributed by atoms with Crippen LogP contribution in [0.5, 0.6) is 0 Å². The molecule has 1 aromatic heterocycles. The number of furan rings is 1. The summed E-state index contributed by atoms with van der Waals surface area (Å²) < 4.78 is 30.1. The van der Waals surface area contributed by atoms with Crippen LogP contribution in [0.3, 0.4) is 0 Å². The molecule has 0 aliphatic carbocycles. The molecule has 0 spiro atoms. The highest BCUT2D eigenvalue weighted by molar-refractivity contribution is 7.91. The van der Waals surface area contributed by atoms with Crippen LogP contribution in [0.25, 0.3) is 0 Å². The van der Waals surface area contributed by atoms with Crippen molar-refractivity contribution in [1.29, 1.82) is 0 Å². The van der Waals surface area contributed by atoms with Crippen molar-refractivity contribution in [2.24, 2.45) is 0 Å². The van der Waals surface area contributed by atoms with E-state index in [1.165, 1.54) is 0 Å². The minimum absolute atomic E-state index is 0.0307. The molecule has 0 unspecified atom stereocenters. The first-order valence-electron chi connectivity index (χ1n) is 8.63. The first-order valence-corrected chi connectivity index (χ1v) is 10.4. The lowest BCUT2D eigenvalue weighted by Gasteiger charge is -2.44. The second kappa shape index (κ2) is 6.32. The molecule has 8 heteroatoms. The lowest BCUT2D eigenvalue weighted by molar-refractivity contribution is 0.0542. The quantitative estimate of drug-likeness (QED) is 0.852. The van der Waals surface area contributed by atoms with Gasteiger partial charge in [0.15, 0.2) is 9.84 Å². The monoisotopic (exact) mass is 369 g/mol. The largest absolute Gasteiger partial charge is 0.465 e. The molecule has 3 heterocycles. The Hall–Kier alpha value is -1.54. The van der Waals surface area contributed by atoms with Gasteiger partial charge in [-0.25, -0.2) is 13.2 Å². The first-order chi connectivity index (χ1) is 11.5. The Morgan fingerprint density at radius 2 is 1.92 bits per heavy atom. The predicted octanol–water partition coefficient (Wildman–Crippen LogP) is 1.38. The number of hydrogen-bond acceptors (Lipinski definition) is 5. The Labute approximate surface area is 149 Å². The van der Waals surface area contributed by atoms with Gasteiger partial charge in [-0.05, 0) is 39.8 Å². The first kappa shape index (κ1) is 18.3. The van der Waals surface area contributed by atoms with Crippen molar-refractivity contribution in [2.75, 3.05) is 24.6 Å². The van der Waals surface area contributed by atoms with Crippen molar-refractivity contribution in [3.63, 3.8) is 0 Å². The molecule has 7 nitrogen and oxygen atoms in total. The highest BCUT2D eigenvalue weighted by atomic mass is 32.2. The summed E-state index contributed by atoms with van der Waals surface area (Å²) in [4.78, 5) is 16.5. The number of nitrogens with one attached hydrogen (secondary N) is 1. The van der Waals surface area contributed by atoms with Crippen LogP contribution in [0.15, 0.2) is 16.5 Å². The Morgan fingerprint density at radius 1 is 1.24 bits per heavy atom. The Kier molecular flexibility index (Phi) is 4.61. The van der Waals surface area contributed by atoms with Gasteiger partial charge in [-0.3, -0.25) is 4.90 Å². The lowest BCUT2D eigenvalue weighted by atomic mass is 10.0. The topological polar surface area (TPSA) is 82.9 Å². The van der Waals surface area contributed by atoms with Crippen LogP contribution in [0.4, 0.5) is 4.79 Å². The van der Waals surface area contributed by atoms with Gasteiger partial charge >= 0.3 is 6.03 Å². The van der Waals surface area contributed by atoms with Gasteiger partial charge in [-0.1, -0.05) is 0 Å². The molecule has 2 atom stereocenters. The van der Waals surface area contributed by atoms with Crippen molar-refractivity contribution in [3.05, 3.63) is 23.7 Å². The molecule has 1 N–H and O–H groups in total. The number of sulfone groups is 1. The summed E-state index contributed by atoms with van der Waals surface area (Å²) in [6, 6.07) is 3.15. The number of amides is 2. The van der Waals surface area contributed by atoms with Crippen molar-refractivity contribution < 1.29 is 17.6 Å². The maximum absolute atomic E-state index is 12.6. The third kappa shape index (κ3) is 4.17. The third-order valence-electron chi connectivity index (χ3n) is 4.69. The third-order valence-corrected chi connectivity index (χ3v) is 6.39. The number of urea groups is 1. The van der Waals surface area contributed by atoms with Crippen LogP contribution in [-0.4, -0.2) is 66.5 Å². The molecule has 3 rings (SSSR count). The maximum Gasteiger partial charge on any atom is 0.318 e. The lowest BCUT2D eigenvalue weighted by Crippen LogP contribution is -2.63. The van der Waals surface area contributed by atoms with Crippen molar-refractivity contribution in [2.45, 2.75) is 51.9 Å². The van der Waals surface area contributed by atoms with E-state index in [4.69, 9.17) is 4.42 Å². The summed E-state index contributed by atoms with van der Waals surface area (Å²) in [6.45, 7) is 9.36. The van der Waals surface area contributed by atoms with Gasteiger partial charge in [0.05, 0.1) is 24.1 Å². The van der Waals surface area contributed by atoms with Crippen molar-refractivity contribution >= 4 is 15.9 Å². The Bertz CT molecular complexity index is 750. The average molecular weight is 369 g/mol. The molecule has 2 fully saturated rings. The van der Waals surface area contributed by atoms with Gasteiger partial charge in [-0.15, -0.1) is 0 Å². The number of nitrogens with zero attached hydrogens (tertiary/aromatic N) is 2. The minimum Gasteiger partial charge on any atom is -0.465 e. The maximum atomic E-state index is 12.6. The zero-order valence-electron chi connectivity index (χ0n) is 15.3. The summed E-state index contributed by atoms with van der Waals surface area (Å²) in [5.74, 6) is 1.79. The molecule has 0 bridgehead atoms. The zero-order valence-corrected chi connectivity index (χ0v) is 16.1. The van der Waals surface area contributed by atoms with Gasteiger partial charge in [0.1, 0.15) is 11.5 Å². The number of piperazine rings is 1. The number of carbonyl (C=O) groups excluding carboxylic acids is 1. The second-order valence-electron chi connectivity index (χ2n) is 8.07. The molecular weight excluding hydrogens is 342 g/mol. The van der Waals surface area contributed by atoms with Crippen LogP contribution in [-0.2, 0) is 16.4 Å².